The van der Waals surface area contributed by atoms with Crippen LogP contribution in [0.15, 0.2) is 59.8 Å². The fourth-order valence-electron chi connectivity index (χ4n) is 2.78. The minimum absolute atomic E-state index is 0.00454. The first-order chi connectivity index (χ1) is 13.6. The summed E-state index contributed by atoms with van der Waals surface area (Å²) in [6.07, 6.45) is 3.00. The summed E-state index contributed by atoms with van der Waals surface area (Å²) < 4.78 is 20.8. The van der Waals surface area contributed by atoms with Crippen LogP contribution in [0.3, 0.4) is 0 Å². The van der Waals surface area contributed by atoms with E-state index in [1.165, 1.54) is 52.8 Å². The summed E-state index contributed by atoms with van der Waals surface area (Å²) in [6.45, 7) is -0.00454. The van der Waals surface area contributed by atoms with E-state index in [0.717, 1.165) is 4.90 Å². The zero-order chi connectivity index (χ0) is 19.7. The van der Waals surface area contributed by atoms with E-state index in [1.54, 1.807) is 6.07 Å². The second kappa shape index (κ2) is 7.65. The maximum Gasteiger partial charge on any atom is 0.339 e. The zero-order valence-electron chi connectivity index (χ0n) is 14.7. The predicted octanol–water partition coefficient (Wildman–Crippen LogP) is 4.93. The SMILES string of the molecule is COc1ncc(N2Sc3ccccc3N(Cc3c(F)cccc3Cl)C2=O)cn1. The third-order valence-electron chi connectivity index (χ3n) is 4.16. The average molecular weight is 417 g/mol. The Morgan fingerprint density at radius 2 is 1.89 bits per heavy atom. The van der Waals surface area contributed by atoms with Crippen LogP contribution < -0.4 is 13.9 Å². The lowest BCUT2D eigenvalue weighted by molar-refractivity contribution is 0.254. The van der Waals surface area contributed by atoms with Gasteiger partial charge in [-0.05, 0) is 36.2 Å². The lowest BCUT2D eigenvalue weighted by Crippen LogP contribution is -2.43. The topological polar surface area (TPSA) is 58.6 Å². The number of nitrogens with zero attached hydrogens (tertiary/aromatic N) is 4. The molecule has 2 amide bonds. The van der Waals surface area contributed by atoms with Gasteiger partial charge in [0.2, 0.25) is 0 Å². The molecule has 1 aliphatic rings. The largest absolute Gasteiger partial charge is 0.467 e. The number of ether oxygens (including phenoxy) is 1. The van der Waals surface area contributed by atoms with Crippen molar-refractivity contribution in [2.24, 2.45) is 0 Å². The number of para-hydroxylation sites is 1. The first kappa shape index (κ1) is 18.5. The van der Waals surface area contributed by atoms with E-state index >= 15 is 0 Å². The van der Waals surface area contributed by atoms with E-state index < -0.39 is 5.82 Å². The summed E-state index contributed by atoms with van der Waals surface area (Å²) in [5.74, 6) is -0.463. The van der Waals surface area contributed by atoms with E-state index in [9.17, 15) is 9.18 Å². The van der Waals surface area contributed by atoms with Crippen molar-refractivity contribution in [2.75, 3.05) is 16.3 Å². The summed E-state index contributed by atoms with van der Waals surface area (Å²) in [5.41, 5.74) is 1.42. The number of amides is 2. The summed E-state index contributed by atoms with van der Waals surface area (Å²) in [7, 11) is 1.46. The second-order valence-corrected chi connectivity index (χ2v) is 7.25. The molecular weight excluding hydrogens is 403 g/mol. The van der Waals surface area contributed by atoms with E-state index in [-0.39, 0.29) is 29.2 Å². The monoisotopic (exact) mass is 416 g/mol. The van der Waals surface area contributed by atoms with E-state index in [1.807, 2.05) is 24.3 Å². The summed E-state index contributed by atoms with van der Waals surface area (Å²) in [5, 5.41) is 0.267. The molecule has 1 aliphatic heterocycles. The number of carbonyl (C=O) groups excluding carboxylic acids is 1. The number of urea groups is 1. The smallest absolute Gasteiger partial charge is 0.339 e. The minimum Gasteiger partial charge on any atom is -0.467 e. The van der Waals surface area contributed by atoms with Crippen molar-refractivity contribution in [3.05, 3.63) is 71.3 Å². The molecular formula is C19H14ClFN4O2S. The Bertz CT molecular complexity index is 1010. The Morgan fingerprint density at radius 3 is 2.61 bits per heavy atom. The Balaban J connectivity index is 1.74. The fourth-order valence-corrected chi connectivity index (χ4v) is 3.99. The molecule has 0 saturated heterocycles. The lowest BCUT2D eigenvalue weighted by atomic mass is 10.2. The maximum absolute atomic E-state index is 14.3. The molecule has 0 saturated carbocycles. The zero-order valence-corrected chi connectivity index (χ0v) is 16.2. The molecule has 28 heavy (non-hydrogen) atoms. The quantitative estimate of drug-likeness (QED) is 0.564. The molecule has 4 rings (SSSR count). The van der Waals surface area contributed by atoms with Crippen molar-refractivity contribution >= 4 is 41.0 Å². The van der Waals surface area contributed by atoms with Gasteiger partial charge in [0.25, 0.3) is 0 Å². The first-order valence-electron chi connectivity index (χ1n) is 8.26. The Labute approximate surface area is 170 Å². The van der Waals surface area contributed by atoms with Crippen molar-refractivity contribution < 1.29 is 13.9 Å². The summed E-state index contributed by atoms with van der Waals surface area (Å²) >= 11 is 7.43. The van der Waals surface area contributed by atoms with Crippen LogP contribution in [-0.2, 0) is 6.54 Å². The van der Waals surface area contributed by atoms with Gasteiger partial charge in [-0.15, -0.1) is 0 Å². The Hall–Kier alpha value is -2.84. The molecule has 2 aromatic carbocycles. The number of aromatic nitrogens is 2. The van der Waals surface area contributed by atoms with Crippen LogP contribution >= 0.6 is 23.5 Å². The molecule has 0 radical (unpaired) electrons. The Kier molecular flexibility index (Phi) is 5.06. The molecule has 0 unspecified atom stereocenters. The lowest BCUT2D eigenvalue weighted by Gasteiger charge is -2.35. The average Bonchev–Trinajstić information content (AvgIpc) is 2.72. The van der Waals surface area contributed by atoms with Gasteiger partial charge in [-0.2, -0.15) is 0 Å². The first-order valence-corrected chi connectivity index (χ1v) is 9.41. The second-order valence-electron chi connectivity index (χ2n) is 5.85. The number of fused-ring (bicyclic) bond motifs is 1. The Morgan fingerprint density at radius 1 is 1.14 bits per heavy atom. The van der Waals surface area contributed by atoms with Gasteiger partial charge in [-0.3, -0.25) is 4.90 Å². The number of hydrogen-bond acceptors (Lipinski definition) is 5. The fraction of sp³-hybridized carbons (Fsp3) is 0.105. The van der Waals surface area contributed by atoms with Crippen LogP contribution in [0.1, 0.15) is 5.56 Å². The van der Waals surface area contributed by atoms with Gasteiger partial charge < -0.3 is 4.74 Å². The van der Waals surface area contributed by atoms with E-state index in [2.05, 4.69) is 9.97 Å². The number of hydrogen-bond donors (Lipinski definition) is 0. The van der Waals surface area contributed by atoms with Crippen LogP contribution in [0.4, 0.5) is 20.6 Å². The molecule has 142 valence electrons. The van der Waals surface area contributed by atoms with Crippen LogP contribution in [0, 0.1) is 5.82 Å². The molecule has 9 heteroatoms. The molecule has 0 aliphatic carbocycles. The number of anilines is 2. The molecule has 0 fully saturated rings. The van der Waals surface area contributed by atoms with Gasteiger partial charge in [0.05, 0.1) is 42.3 Å². The molecule has 0 atom stereocenters. The highest BCUT2D eigenvalue weighted by atomic mass is 35.5. The van der Waals surface area contributed by atoms with Crippen molar-refractivity contribution in [3.63, 3.8) is 0 Å². The highest BCUT2D eigenvalue weighted by Crippen LogP contribution is 2.42. The molecule has 0 bridgehead atoms. The normalized spacial score (nSPS) is 13.5. The molecule has 2 heterocycles. The highest BCUT2D eigenvalue weighted by molar-refractivity contribution is 8.01. The van der Waals surface area contributed by atoms with E-state index in [0.29, 0.717) is 11.4 Å². The van der Waals surface area contributed by atoms with Gasteiger partial charge in [0.1, 0.15) is 5.82 Å². The van der Waals surface area contributed by atoms with Gasteiger partial charge >= 0.3 is 12.0 Å². The number of methoxy groups -OCH3 is 1. The van der Waals surface area contributed by atoms with Crippen molar-refractivity contribution in [3.8, 4) is 6.01 Å². The predicted molar refractivity (Wildman–Crippen MR) is 106 cm³/mol. The number of halogens is 2. The molecule has 0 spiro atoms. The number of carbonyl (C=O) groups is 1. The third-order valence-corrected chi connectivity index (χ3v) is 5.61. The molecule has 0 N–H and O–H groups in total. The number of benzene rings is 2. The van der Waals surface area contributed by atoms with Crippen LogP contribution in [0.2, 0.25) is 5.02 Å². The third kappa shape index (κ3) is 3.36. The summed E-state index contributed by atoms with van der Waals surface area (Å²) in [4.78, 5) is 23.7. The molecule has 6 nitrogen and oxygen atoms in total. The number of rotatable bonds is 4. The maximum atomic E-state index is 14.3. The van der Waals surface area contributed by atoms with Crippen molar-refractivity contribution in [1.29, 1.82) is 0 Å². The van der Waals surface area contributed by atoms with Gasteiger partial charge in [0, 0.05) is 10.6 Å². The molecule has 1 aromatic heterocycles. The van der Waals surface area contributed by atoms with Gasteiger partial charge in [-0.1, -0.05) is 29.8 Å². The van der Waals surface area contributed by atoms with Crippen LogP contribution in [0.25, 0.3) is 0 Å². The minimum atomic E-state index is -0.463. The van der Waals surface area contributed by atoms with Crippen molar-refractivity contribution in [1.82, 2.24) is 9.97 Å². The van der Waals surface area contributed by atoms with Gasteiger partial charge in [0.15, 0.2) is 0 Å². The standard InChI is InChI=1S/C19H14ClFN4O2S/c1-27-18-22-9-12(10-23-18)25-19(26)24(16-7-2-3-8-17(16)28-25)11-13-14(20)5-4-6-15(13)21/h2-10H,11H2,1H3. The van der Waals surface area contributed by atoms with E-state index in [4.69, 9.17) is 16.3 Å². The van der Waals surface area contributed by atoms with Crippen LogP contribution in [-0.4, -0.2) is 23.1 Å². The highest BCUT2D eigenvalue weighted by Gasteiger charge is 2.33. The van der Waals surface area contributed by atoms with Gasteiger partial charge in [-0.25, -0.2) is 23.5 Å². The molecule has 3 aromatic rings. The van der Waals surface area contributed by atoms with Crippen molar-refractivity contribution in [2.45, 2.75) is 11.4 Å². The van der Waals surface area contributed by atoms with Crippen LogP contribution in [0.5, 0.6) is 6.01 Å². The summed E-state index contributed by atoms with van der Waals surface area (Å²) in [6, 6.07) is 11.7.